The zero-order valence-corrected chi connectivity index (χ0v) is 40.4. The van der Waals surface area contributed by atoms with Crippen LogP contribution in [-0.2, 0) is 32.9 Å². The number of amides is 1. The number of ether oxygens (including phenoxy) is 2. The Hall–Kier alpha value is -3.70. The maximum Gasteiger partial charge on any atom is 0.377 e. The summed E-state index contributed by atoms with van der Waals surface area (Å²) in [4.78, 5) is 72.0. The van der Waals surface area contributed by atoms with Crippen molar-refractivity contribution in [3.63, 3.8) is 0 Å². The largest absolute Gasteiger partial charge is 0.606 e. The third-order valence-electron chi connectivity index (χ3n) is 11.8. The smallest absolute Gasteiger partial charge is 0.377 e. The lowest BCUT2D eigenvalue weighted by Gasteiger charge is -2.41. The Morgan fingerprint density at radius 3 is 1.78 bits per heavy atom. The Kier molecular flexibility index (Phi) is 28.4. The first kappa shape index (κ1) is 58.6. The molecule has 1 aliphatic rings. The van der Waals surface area contributed by atoms with Gasteiger partial charge in [0.15, 0.2) is 17.7 Å². The summed E-state index contributed by atoms with van der Waals surface area (Å²) in [6.45, 7) is 1.86. The number of rotatable bonds is 38. The second-order valence-electron chi connectivity index (χ2n) is 17.5. The van der Waals surface area contributed by atoms with E-state index in [9.17, 15) is 59.8 Å². The van der Waals surface area contributed by atoms with E-state index in [4.69, 9.17) is 23.2 Å². The van der Waals surface area contributed by atoms with Crippen LogP contribution in [0.5, 0.6) is 0 Å². The second-order valence-corrected chi connectivity index (χ2v) is 19.0. The number of aliphatic hydroxyl groups is 5. The van der Waals surface area contributed by atoms with Crippen molar-refractivity contribution in [1.82, 2.24) is 15.6 Å². The second kappa shape index (κ2) is 33.0. The molecule has 23 heteroatoms. The molecule has 1 aromatic carbocycles. The van der Waals surface area contributed by atoms with E-state index in [0.717, 1.165) is 38.5 Å². The minimum absolute atomic E-state index is 0.000443. The topological polar surface area (TPSA) is 336 Å². The molecule has 1 aromatic heterocycles. The van der Waals surface area contributed by atoms with Crippen molar-refractivity contribution in [1.29, 1.82) is 0 Å². The fraction of sp³-hybridized carbons (Fsp3) is 0.800. The number of phosphoric acid groups is 1. The van der Waals surface area contributed by atoms with E-state index in [1.54, 1.807) is 6.07 Å². The Morgan fingerprint density at radius 2 is 1.19 bits per heavy atom. The van der Waals surface area contributed by atoms with Crippen LogP contribution in [0, 0.1) is 4.91 Å². The molecule has 2 aromatic rings. The first-order chi connectivity index (χ1) is 32.6. The summed E-state index contributed by atoms with van der Waals surface area (Å²) in [7, 11) is -5.18. The van der Waals surface area contributed by atoms with Crippen LogP contribution in [-0.4, -0.2) is 138 Å². The van der Waals surface area contributed by atoms with Gasteiger partial charge in [0.25, 0.3) is 4.92 Å². The molecule has 1 fully saturated rings. The zero-order chi connectivity index (χ0) is 49.7. The van der Waals surface area contributed by atoms with E-state index < -0.39 is 76.1 Å². The van der Waals surface area contributed by atoms with Gasteiger partial charge in [0.2, 0.25) is 11.4 Å². The van der Waals surface area contributed by atoms with Gasteiger partial charge in [-0.1, -0.05) is 110 Å². The van der Waals surface area contributed by atoms with Crippen LogP contribution in [0.4, 0.5) is 11.4 Å². The number of carbonyl (C=O) groups is 3. The predicted octanol–water partition coefficient (Wildman–Crippen LogP) is 4.64. The molecule has 1 amide bonds. The van der Waals surface area contributed by atoms with Gasteiger partial charge < -0.3 is 50.5 Å². The first-order valence-electron chi connectivity index (χ1n) is 24.5. The predicted molar refractivity (Wildman–Crippen MR) is 246 cm³/mol. The van der Waals surface area contributed by atoms with E-state index in [1.807, 2.05) is 0 Å². The summed E-state index contributed by atoms with van der Waals surface area (Å²) in [5, 5.41) is 72.9. The van der Waals surface area contributed by atoms with Gasteiger partial charge in [0.05, 0.1) is 10.6 Å². The minimum Gasteiger partial charge on any atom is -0.606 e. The Morgan fingerprint density at radius 1 is 0.691 bits per heavy atom. The van der Waals surface area contributed by atoms with Crippen LogP contribution in [0.2, 0.25) is 0 Å². The number of phosphoric ester groups is 1. The summed E-state index contributed by atoms with van der Waals surface area (Å²) in [6.07, 6.45) is 7.94. The number of anilines is 1. The summed E-state index contributed by atoms with van der Waals surface area (Å²) < 4.78 is 25.3. The van der Waals surface area contributed by atoms with Crippen molar-refractivity contribution in [2.75, 3.05) is 31.6 Å². The van der Waals surface area contributed by atoms with Crippen molar-refractivity contribution in [3.8, 4) is 0 Å². The van der Waals surface area contributed by atoms with Crippen LogP contribution in [0.1, 0.15) is 161 Å². The zero-order valence-electron chi connectivity index (χ0n) is 39.5. The fourth-order valence-corrected chi connectivity index (χ4v) is 8.76. The molecule has 0 radical (unpaired) electrons. The monoisotopic (exact) mass is 991 g/mol. The van der Waals surface area contributed by atoms with E-state index in [0.29, 0.717) is 62.8 Å². The molecular weight excluding hydrogens is 913 g/mol. The molecule has 22 nitrogen and oxygen atoms in total. The van der Waals surface area contributed by atoms with Crippen molar-refractivity contribution in [3.05, 3.63) is 17.0 Å². The van der Waals surface area contributed by atoms with Gasteiger partial charge in [-0.3, -0.25) is 14.4 Å². The minimum atomic E-state index is -5.18. The molecule has 0 spiro atoms. The molecule has 0 bridgehead atoms. The maximum atomic E-state index is 12.8. The highest BCUT2D eigenvalue weighted by atomic mass is 31.2. The maximum absolute atomic E-state index is 12.8. The van der Waals surface area contributed by atoms with Gasteiger partial charge >= 0.3 is 25.8 Å². The number of esters is 2. The van der Waals surface area contributed by atoms with Crippen LogP contribution < -0.4 is 15.5 Å². The lowest BCUT2D eigenvalue weighted by atomic mass is 9.85. The highest BCUT2D eigenvalue weighted by Gasteiger charge is 2.53. The Bertz CT molecular complexity index is 1740. The number of benzene rings is 1. The molecule has 3 unspecified atom stereocenters. The number of fused-ring (bicyclic) bond motifs is 1. The summed E-state index contributed by atoms with van der Waals surface area (Å²) >= 11 is 0. The van der Waals surface area contributed by atoms with Crippen LogP contribution >= 0.6 is 8.17 Å². The number of nitrogens with one attached hydrogen (secondary N) is 2. The van der Waals surface area contributed by atoms with E-state index >= 15 is 0 Å². The normalized spacial score (nSPS) is 20.7. The molecule has 68 heavy (non-hydrogen) atoms. The number of aliphatic hydroxyl groups excluding tert-OH is 5. The quantitative estimate of drug-likeness (QED) is 0.0191. The van der Waals surface area contributed by atoms with Gasteiger partial charge in [-0.15, -0.1) is 0 Å². The molecular formula is C45H77N5O17P+. The number of carbonyl (C=O) groups excluding carboxylic acids is 3. The SMILES string of the molecule is CCCCCCCCCCCCCCCCCC(=O)O[C@@H](COC(=O)CCCCCNC(=O)CCCCCNc1ccc([N+](=O)O)c2nonc12)CO[P+]([O-])(O)OC1[C@@H](O)[C@H](O)C(O)[C@H](O)[C@@H]1O. The number of nitrogens with zero attached hydrogens (tertiary/aromatic N) is 3. The molecule has 0 saturated heterocycles. The summed E-state index contributed by atoms with van der Waals surface area (Å²) in [5.41, 5.74) is 0.932. The average Bonchev–Trinajstić information content (AvgIpc) is 3.81. The number of hydrogen-bond donors (Lipinski definition) is 9. The number of unbranched alkanes of at least 4 members (excludes halogenated alkanes) is 18. The van der Waals surface area contributed by atoms with Crippen LogP contribution in [0.25, 0.3) is 11.0 Å². The molecule has 1 heterocycles. The van der Waals surface area contributed by atoms with Gasteiger partial charge in [-0.2, -0.15) is 13.9 Å². The van der Waals surface area contributed by atoms with Gasteiger partial charge in [-0.25, -0.2) is 9.84 Å². The van der Waals surface area contributed by atoms with Crippen molar-refractivity contribution < 1.29 is 83.0 Å². The summed E-state index contributed by atoms with van der Waals surface area (Å²) in [6, 6.07) is 2.98. The van der Waals surface area contributed by atoms with Gasteiger partial charge in [0, 0.05) is 38.4 Å². The standard InChI is InChI=1S/C45H76N5O17P/c1-2-3-4-5-6-7-8-9-10-11-12-13-14-15-19-25-37(53)65-32(31-64-68(61,62)66-45-43(57)41(55)40(54)42(56)44(45)58)30-63-36(52)24-20-17-22-29-47-35(51)23-18-16-21-28-46-33-26-27-34(50(59)60)39-38(33)48-67-49-39/h26-27,32,40-45,54-58H,2-25,28-31H2,1H3,(H3-,46,47,49,51,59,60,61,62)/p+1/t32-,40?,41-,42+,43-,44-,45?/m0/s1. The van der Waals surface area contributed by atoms with E-state index in [2.05, 4.69) is 27.9 Å². The van der Waals surface area contributed by atoms with Crippen LogP contribution in [0.3, 0.4) is 0 Å². The Labute approximate surface area is 398 Å². The molecule has 1 aliphatic carbocycles. The first-order valence-corrected chi connectivity index (χ1v) is 26.0. The average molecular weight is 991 g/mol. The van der Waals surface area contributed by atoms with Gasteiger partial charge in [-0.05, 0) is 48.5 Å². The highest BCUT2D eigenvalue weighted by molar-refractivity contribution is 7.52. The lowest BCUT2D eigenvalue weighted by molar-refractivity contribution is -0.728. The van der Waals surface area contributed by atoms with E-state index in [-0.39, 0.29) is 34.9 Å². The van der Waals surface area contributed by atoms with Crippen LogP contribution in [0.15, 0.2) is 16.8 Å². The molecule has 8 atom stereocenters. The fourth-order valence-electron chi connectivity index (χ4n) is 7.79. The molecule has 3 rings (SSSR count). The molecule has 0 aliphatic heterocycles. The van der Waals surface area contributed by atoms with Gasteiger partial charge in [0.1, 0.15) is 43.7 Å². The van der Waals surface area contributed by atoms with Crippen molar-refractivity contribution in [2.45, 2.75) is 204 Å². The lowest BCUT2D eigenvalue weighted by Crippen LogP contribution is -2.64. The molecule has 388 valence electrons. The summed E-state index contributed by atoms with van der Waals surface area (Å²) in [5.74, 6) is -1.39. The number of aromatic nitrogens is 2. The Balaban J connectivity index is 1.32. The number of hydrogen-bond acceptors (Lipinski definition) is 19. The molecule has 1 saturated carbocycles. The molecule has 9 N–H and O–H groups in total. The third kappa shape index (κ3) is 22.4. The highest BCUT2D eigenvalue weighted by Crippen LogP contribution is 2.50. The third-order valence-corrected chi connectivity index (χ3v) is 12.8. The van der Waals surface area contributed by atoms with Crippen molar-refractivity contribution in [2.24, 2.45) is 0 Å². The van der Waals surface area contributed by atoms with Crippen molar-refractivity contribution >= 4 is 48.4 Å². The van der Waals surface area contributed by atoms with E-state index in [1.165, 1.54) is 70.3 Å².